The maximum atomic E-state index is 13.0. The minimum absolute atomic E-state index is 0.160. The highest BCUT2D eigenvalue weighted by atomic mass is 16.5. The van der Waals surface area contributed by atoms with Crippen molar-refractivity contribution in [3.8, 4) is 11.5 Å². The summed E-state index contributed by atoms with van der Waals surface area (Å²) >= 11 is 0. The van der Waals surface area contributed by atoms with Crippen molar-refractivity contribution < 1.29 is 14.3 Å². The van der Waals surface area contributed by atoms with Crippen LogP contribution >= 0.6 is 0 Å². The summed E-state index contributed by atoms with van der Waals surface area (Å²) in [5.74, 6) is 0.970. The molecule has 0 bridgehead atoms. The van der Waals surface area contributed by atoms with Crippen LogP contribution in [-0.2, 0) is 0 Å². The van der Waals surface area contributed by atoms with Crippen molar-refractivity contribution in [3.63, 3.8) is 0 Å². The highest BCUT2D eigenvalue weighted by Gasteiger charge is 2.24. The molecule has 2 heterocycles. The van der Waals surface area contributed by atoms with Gasteiger partial charge in [-0.1, -0.05) is 31.5 Å². The number of benzene rings is 2. The van der Waals surface area contributed by atoms with Crippen molar-refractivity contribution >= 4 is 40.1 Å². The van der Waals surface area contributed by atoms with E-state index in [2.05, 4.69) is 22.3 Å². The number of ether oxygens (including phenoxy) is 2. The minimum Gasteiger partial charge on any atom is -0.493 e. The molecule has 4 rings (SSSR count). The zero-order chi connectivity index (χ0) is 23.4. The Balaban J connectivity index is 1.87. The van der Waals surface area contributed by atoms with Crippen LogP contribution in [0.25, 0.3) is 22.2 Å². The number of nitrogen functional groups attached to an aromatic ring is 1. The molecule has 0 aliphatic heterocycles. The number of hydrogen-bond donors (Lipinski definition) is 2. The predicted octanol–water partition coefficient (Wildman–Crippen LogP) is 3.60. The molecule has 2 aromatic heterocycles. The zero-order valence-electron chi connectivity index (χ0n) is 18.8. The van der Waals surface area contributed by atoms with Gasteiger partial charge in [-0.25, -0.2) is 9.97 Å². The van der Waals surface area contributed by atoms with E-state index in [1.807, 2.05) is 36.4 Å². The first-order valence-electron chi connectivity index (χ1n) is 10.7. The second-order valence-corrected chi connectivity index (χ2v) is 7.39. The van der Waals surface area contributed by atoms with Crippen LogP contribution in [0.3, 0.4) is 0 Å². The summed E-state index contributed by atoms with van der Waals surface area (Å²) in [6.45, 7) is 2.61. The minimum atomic E-state index is -0.302. The van der Waals surface area contributed by atoms with E-state index in [9.17, 15) is 4.79 Å². The van der Waals surface area contributed by atoms with Gasteiger partial charge in [0, 0.05) is 12.1 Å². The molecule has 170 valence electrons. The van der Waals surface area contributed by atoms with E-state index in [4.69, 9.17) is 20.2 Å². The van der Waals surface area contributed by atoms with E-state index in [0.29, 0.717) is 45.8 Å². The number of carbonyl (C=O) groups excluding carboxylic acids is 1. The predicted molar refractivity (Wildman–Crippen MR) is 129 cm³/mol. The molecule has 1 amide bonds. The maximum absolute atomic E-state index is 13.0. The molecule has 0 aliphatic carbocycles. The van der Waals surface area contributed by atoms with E-state index in [1.165, 1.54) is 4.68 Å². The molecule has 0 saturated heterocycles. The molecule has 9 heteroatoms. The van der Waals surface area contributed by atoms with Gasteiger partial charge < -0.3 is 20.5 Å². The van der Waals surface area contributed by atoms with Crippen molar-refractivity contribution in [2.45, 2.75) is 19.8 Å². The van der Waals surface area contributed by atoms with Gasteiger partial charge in [-0.2, -0.15) is 9.78 Å². The van der Waals surface area contributed by atoms with Crippen LogP contribution in [0.5, 0.6) is 11.5 Å². The van der Waals surface area contributed by atoms with Crippen molar-refractivity contribution in [3.05, 3.63) is 53.6 Å². The molecule has 9 nitrogen and oxygen atoms in total. The summed E-state index contributed by atoms with van der Waals surface area (Å²) in [5.41, 5.74) is 9.50. The van der Waals surface area contributed by atoms with Gasteiger partial charge in [-0.05, 0) is 30.7 Å². The van der Waals surface area contributed by atoms with Gasteiger partial charge in [0.15, 0.2) is 17.1 Å². The number of para-hydroxylation sites is 3. The number of nitrogens with one attached hydrogen (secondary N) is 1. The fourth-order valence-corrected chi connectivity index (χ4v) is 3.59. The molecule has 0 saturated carbocycles. The average Bonchev–Trinajstić information content (AvgIpc) is 3.10. The second-order valence-electron chi connectivity index (χ2n) is 7.39. The standard InChI is InChI=1S/C24H26N6O3/c1-4-5-13-26-24(31)19-20-23(29-17-11-7-6-10-16(17)28-20)30(22(19)25)27-14-15-9-8-12-18(32-2)21(15)33-3/h6-12,14H,4-5,13,25H2,1-3H3,(H,26,31)/b27-14+. The molecule has 0 atom stereocenters. The van der Waals surface area contributed by atoms with Crippen molar-refractivity contribution in [2.24, 2.45) is 5.10 Å². The first kappa shape index (κ1) is 22.1. The van der Waals surface area contributed by atoms with E-state index < -0.39 is 0 Å². The molecular formula is C24H26N6O3. The van der Waals surface area contributed by atoms with Crippen molar-refractivity contribution in [2.75, 3.05) is 26.5 Å². The number of unbranched alkanes of at least 4 members (excludes halogenated alkanes) is 1. The van der Waals surface area contributed by atoms with Crippen LogP contribution in [0.4, 0.5) is 5.82 Å². The van der Waals surface area contributed by atoms with Crippen molar-refractivity contribution in [1.29, 1.82) is 0 Å². The van der Waals surface area contributed by atoms with Crippen LogP contribution in [0.2, 0.25) is 0 Å². The van der Waals surface area contributed by atoms with E-state index in [1.54, 1.807) is 26.5 Å². The summed E-state index contributed by atoms with van der Waals surface area (Å²) in [6.07, 6.45) is 3.42. The molecule has 0 unspecified atom stereocenters. The number of fused-ring (bicyclic) bond motifs is 2. The van der Waals surface area contributed by atoms with Gasteiger partial charge in [0.2, 0.25) is 0 Å². The quantitative estimate of drug-likeness (QED) is 0.316. The average molecular weight is 447 g/mol. The molecule has 0 spiro atoms. The lowest BCUT2D eigenvalue weighted by molar-refractivity contribution is 0.0955. The van der Waals surface area contributed by atoms with Gasteiger partial charge in [-0.15, -0.1) is 0 Å². The largest absolute Gasteiger partial charge is 0.493 e. The normalized spacial score (nSPS) is 11.4. The Labute approximate surface area is 191 Å². The molecule has 3 N–H and O–H groups in total. The molecule has 0 aliphatic rings. The number of carbonyl (C=O) groups is 1. The Kier molecular flexibility index (Phi) is 6.39. The van der Waals surface area contributed by atoms with Gasteiger partial charge in [0.25, 0.3) is 5.91 Å². The lowest BCUT2D eigenvalue weighted by Gasteiger charge is -2.09. The molecule has 4 aromatic rings. The summed E-state index contributed by atoms with van der Waals surface area (Å²) in [5, 5.41) is 7.46. The number of methoxy groups -OCH3 is 2. The third-order valence-electron chi connectivity index (χ3n) is 5.26. The number of hydrogen-bond acceptors (Lipinski definition) is 7. The number of nitrogens with zero attached hydrogens (tertiary/aromatic N) is 4. The lowest BCUT2D eigenvalue weighted by Crippen LogP contribution is -2.25. The Hall–Kier alpha value is -4.14. The van der Waals surface area contributed by atoms with E-state index >= 15 is 0 Å². The summed E-state index contributed by atoms with van der Waals surface area (Å²) in [4.78, 5) is 22.4. The highest BCUT2D eigenvalue weighted by Crippen LogP contribution is 2.31. The van der Waals surface area contributed by atoms with Crippen LogP contribution in [0.15, 0.2) is 47.6 Å². The van der Waals surface area contributed by atoms with Crippen LogP contribution in [0, 0.1) is 0 Å². The number of amides is 1. The summed E-state index contributed by atoms with van der Waals surface area (Å²) in [6, 6.07) is 12.9. The summed E-state index contributed by atoms with van der Waals surface area (Å²) in [7, 11) is 3.13. The van der Waals surface area contributed by atoms with Gasteiger partial charge in [-0.3, -0.25) is 4.79 Å². The number of aromatic nitrogens is 3. The smallest absolute Gasteiger partial charge is 0.257 e. The number of nitrogens with two attached hydrogens (primary N) is 1. The molecule has 0 radical (unpaired) electrons. The Morgan fingerprint density at radius 1 is 1.12 bits per heavy atom. The van der Waals surface area contributed by atoms with Gasteiger partial charge >= 0.3 is 0 Å². The van der Waals surface area contributed by atoms with E-state index in [-0.39, 0.29) is 17.3 Å². The highest BCUT2D eigenvalue weighted by molar-refractivity contribution is 6.10. The first-order chi connectivity index (χ1) is 16.1. The fraction of sp³-hybridized carbons (Fsp3) is 0.250. The molecule has 2 aromatic carbocycles. The Morgan fingerprint density at radius 2 is 1.88 bits per heavy atom. The third-order valence-corrected chi connectivity index (χ3v) is 5.26. The van der Waals surface area contributed by atoms with Crippen molar-refractivity contribution in [1.82, 2.24) is 20.0 Å². The maximum Gasteiger partial charge on any atom is 0.257 e. The van der Waals surface area contributed by atoms with Crippen LogP contribution < -0.4 is 20.5 Å². The summed E-state index contributed by atoms with van der Waals surface area (Å²) < 4.78 is 12.3. The Morgan fingerprint density at radius 3 is 2.58 bits per heavy atom. The number of anilines is 1. The van der Waals surface area contributed by atoms with Gasteiger partial charge in [0.05, 0.1) is 31.5 Å². The third kappa shape index (κ3) is 4.17. The molecular weight excluding hydrogens is 420 g/mol. The lowest BCUT2D eigenvalue weighted by atomic mass is 10.2. The SMILES string of the molecule is CCCCNC(=O)c1c(N)n(/N=C/c2cccc(OC)c2OC)c2nc3ccccc3nc12. The Bertz CT molecular complexity index is 1350. The van der Waals surface area contributed by atoms with E-state index in [0.717, 1.165) is 12.8 Å². The fourth-order valence-electron chi connectivity index (χ4n) is 3.59. The zero-order valence-corrected chi connectivity index (χ0v) is 18.8. The monoisotopic (exact) mass is 446 g/mol. The van der Waals surface area contributed by atoms with Gasteiger partial charge in [0.1, 0.15) is 16.9 Å². The first-order valence-corrected chi connectivity index (χ1v) is 10.7. The number of rotatable bonds is 8. The van der Waals surface area contributed by atoms with Crippen LogP contribution in [0.1, 0.15) is 35.7 Å². The molecule has 0 fully saturated rings. The second kappa shape index (κ2) is 9.56. The topological polar surface area (TPSA) is 117 Å². The molecule has 33 heavy (non-hydrogen) atoms. The van der Waals surface area contributed by atoms with Crippen LogP contribution in [-0.4, -0.2) is 47.5 Å².